The van der Waals surface area contributed by atoms with Gasteiger partial charge in [-0.2, -0.15) is 0 Å². The maximum absolute atomic E-state index is 12.1. The first kappa shape index (κ1) is 24.1. The molecule has 0 aliphatic rings. The van der Waals surface area contributed by atoms with Gasteiger partial charge in [0.1, 0.15) is 0 Å². The van der Waals surface area contributed by atoms with E-state index in [0.29, 0.717) is 17.2 Å². The standard InChI is InChI=1S/C21H23N3O5S2/c1-4-13-22-31(26,27)17-9-7-16(8-10-17)23-21(30)24-20(25)12-6-15-5-11-18(28-2)19(14-15)29-3/h4-12,14,22H,1,13H2,2-3H3,(H2,23,24,25,30)/b12-6+. The van der Waals surface area contributed by atoms with E-state index in [9.17, 15) is 13.2 Å². The number of hydrogen-bond donors (Lipinski definition) is 3. The van der Waals surface area contributed by atoms with Crippen LogP contribution in [0.5, 0.6) is 11.5 Å². The second-order valence-corrected chi connectivity index (χ2v) is 8.23. The lowest BCUT2D eigenvalue weighted by molar-refractivity contribution is -0.115. The Balaban J connectivity index is 1.94. The van der Waals surface area contributed by atoms with E-state index in [1.165, 1.54) is 31.4 Å². The quantitative estimate of drug-likeness (QED) is 0.300. The lowest BCUT2D eigenvalue weighted by atomic mass is 10.2. The van der Waals surface area contributed by atoms with Gasteiger partial charge < -0.3 is 14.8 Å². The van der Waals surface area contributed by atoms with Crippen molar-refractivity contribution in [3.8, 4) is 11.5 Å². The minimum Gasteiger partial charge on any atom is -0.493 e. The number of ether oxygens (including phenoxy) is 2. The molecule has 0 aromatic heterocycles. The fraction of sp³-hybridized carbons (Fsp3) is 0.143. The third-order valence-corrected chi connectivity index (χ3v) is 5.56. The van der Waals surface area contributed by atoms with Gasteiger partial charge in [0.25, 0.3) is 0 Å². The molecule has 10 heteroatoms. The number of anilines is 1. The second-order valence-electron chi connectivity index (χ2n) is 6.06. The van der Waals surface area contributed by atoms with Crippen molar-refractivity contribution in [3.05, 3.63) is 66.8 Å². The van der Waals surface area contributed by atoms with Gasteiger partial charge in [-0.3, -0.25) is 10.1 Å². The van der Waals surface area contributed by atoms with Gasteiger partial charge in [-0.25, -0.2) is 13.1 Å². The zero-order chi connectivity index (χ0) is 22.9. The van der Waals surface area contributed by atoms with E-state index in [2.05, 4.69) is 21.9 Å². The predicted octanol–water partition coefficient (Wildman–Crippen LogP) is 2.69. The largest absolute Gasteiger partial charge is 0.493 e. The number of benzene rings is 2. The third-order valence-electron chi connectivity index (χ3n) is 3.91. The minimum atomic E-state index is -3.61. The van der Waals surface area contributed by atoms with E-state index in [-0.39, 0.29) is 16.6 Å². The lowest BCUT2D eigenvalue weighted by Crippen LogP contribution is -2.32. The van der Waals surface area contributed by atoms with E-state index in [0.717, 1.165) is 5.56 Å². The monoisotopic (exact) mass is 461 g/mol. The lowest BCUT2D eigenvalue weighted by Gasteiger charge is -2.10. The molecule has 0 saturated carbocycles. The molecule has 0 aliphatic carbocycles. The van der Waals surface area contributed by atoms with Crippen LogP contribution in [0.3, 0.4) is 0 Å². The van der Waals surface area contributed by atoms with Gasteiger partial charge in [0.05, 0.1) is 19.1 Å². The van der Waals surface area contributed by atoms with Crippen molar-refractivity contribution in [2.45, 2.75) is 4.90 Å². The number of amides is 1. The van der Waals surface area contributed by atoms with Crippen LogP contribution in [0.4, 0.5) is 5.69 Å². The summed E-state index contributed by atoms with van der Waals surface area (Å²) in [5, 5.41) is 5.41. The number of nitrogens with one attached hydrogen (secondary N) is 3. The third kappa shape index (κ3) is 7.21. The van der Waals surface area contributed by atoms with E-state index in [4.69, 9.17) is 21.7 Å². The molecule has 0 atom stereocenters. The first-order valence-electron chi connectivity index (χ1n) is 9.01. The average molecular weight is 462 g/mol. The summed E-state index contributed by atoms with van der Waals surface area (Å²) < 4.78 is 36.9. The highest BCUT2D eigenvalue weighted by atomic mass is 32.2. The molecule has 1 amide bonds. The maximum atomic E-state index is 12.1. The van der Waals surface area contributed by atoms with Crippen LogP contribution in [-0.4, -0.2) is 40.2 Å². The average Bonchev–Trinajstić information content (AvgIpc) is 2.76. The molecule has 2 rings (SSSR count). The summed E-state index contributed by atoms with van der Waals surface area (Å²) in [6.07, 6.45) is 4.39. The highest BCUT2D eigenvalue weighted by molar-refractivity contribution is 7.89. The second kappa shape index (κ2) is 11.3. The van der Waals surface area contributed by atoms with Crippen LogP contribution >= 0.6 is 12.2 Å². The van der Waals surface area contributed by atoms with Gasteiger partial charge in [0, 0.05) is 18.3 Å². The van der Waals surface area contributed by atoms with Crippen LogP contribution in [0.1, 0.15) is 5.56 Å². The van der Waals surface area contributed by atoms with Crippen LogP contribution in [-0.2, 0) is 14.8 Å². The molecule has 31 heavy (non-hydrogen) atoms. The van der Waals surface area contributed by atoms with Crippen LogP contribution < -0.4 is 24.8 Å². The Bertz CT molecular complexity index is 1080. The number of rotatable bonds is 9. The Morgan fingerprint density at radius 2 is 1.77 bits per heavy atom. The van der Waals surface area contributed by atoms with Crippen molar-refractivity contribution in [1.82, 2.24) is 10.0 Å². The van der Waals surface area contributed by atoms with Gasteiger partial charge in [-0.1, -0.05) is 12.1 Å². The molecule has 0 bridgehead atoms. The predicted molar refractivity (Wildman–Crippen MR) is 125 cm³/mol. The molecule has 0 aliphatic heterocycles. The SMILES string of the molecule is C=CCNS(=O)(=O)c1ccc(NC(=S)NC(=O)/C=C/c2ccc(OC)c(OC)c2)cc1. The van der Waals surface area contributed by atoms with Gasteiger partial charge >= 0.3 is 0 Å². The zero-order valence-corrected chi connectivity index (χ0v) is 18.7. The summed E-state index contributed by atoms with van der Waals surface area (Å²) in [6, 6.07) is 11.2. The van der Waals surface area contributed by atoms with Crippen molar-refractivity contribution in [2.75, 3.05) is 26.1 Å². The van der Waals surface area contributed by atoms with Crippen molar-refractivity contribution in [1.29, 1.82) is 0 Å². The normalized spacial score (nSPS) is 11.0. The Kier molecular flexibility index (Phi) is 8.74. The molecular weight excluding hydrogens is 438 g/mol. The summed E-state index contributed by atoms with van der Waals surface area (Å²) in [5.41, 5.74) is 1.27. The van der Waals surface area contributed by atoms with E-state index >= 15 is 0 Å². The summed E-state index contributed by atoms with van der Waals surface area (Å²) >= 11 is 5.12. The van der Waals surface area contributed by atoms with Crippen molar-refractivity contribution in [3.63, 3.8) is 0 Å². The number of methoxy groups -OCH3 is 2. The summed E-state index contributed by atoms with van der Waals surface area (Å²) in [5.74, 6) is 0.706. The molecule has 0 spiro atoms. The molecule has 0 heterocycles. The topological polar surface area (TPSA) is 106 Å². The van der Waals surface area contributed by atoms with Crippen molar-refractivity contribution >= 4 is 45.0 Å². The minimum absolute atomic E-state index is 0.0716. The molecular formula is C21H23N3O5S2. The van der Waals surface area contributed by atoms with Crippen LogP contribution in [0.25, 0.3) is 6.08 Å². The zero-order valence-electron chi connectivity index (χ0n) is 17.0. The van der Waals surface area contributed by atoms with E-state index in [1.54, 1.807) is 43.5 Å². The fourth-order valence-electron chi connectivity index (χ4n) is 2.41. The summed E-state index contributed by atoms with van der Waals surface area (Å²) in [7, 11) is -0.535. The smallest absolute Gasteiger partial charge is 0.250 e. The van der Waals surface area contributed by atoms with Gasteiger partial charge in [-0.15, -0.1) is 6.58 Å². The summed E-state index contributed by atoms with van der Waals surface area (Å²) in [6.45, 7) is 3.61. The Morgan fingerprint density at radius 1 is 1.10 bits per heavy atom. The molecule has 0 saturated heterocycles. The van der Waals surface area contributed by atoms with Crippen molar-refractivity contribution in [2.24, 2.45) is 0 Å². The maximum Gasteiger partial charge on any atom is 0.250 e. The van der Waals surface area contributed by atoms with Gasteiger partial charge in [0.2, 0.25) is 15.9 Å². The molecule has 8 nitrogen and oxygen atoms in total. The molecule has 0 unspecified atom stereocenters. The molecule has 164 valence electrons. The Hall–Kier alpha value is -3.21. The number of sulfonamides is 1. The molecule has 0 fully saturated rings. The Morgan fingerprint density at radius 3 is 2.39 bits per heavy atom. The number of hydrogen-bond acceptors (Lipinski definition) is 6. The van der Waals surface area contributed by atoms with Crippen molar-refractivity contribution < 1.29 is 22.7 Å². The highest BCUT2D eigenvalue weighted by Gasteiger charge is 2.12. The van der Waals surface area contributed by atoms with Gasteiger partial charge in [-0.05, 0) is 60.3 Å². The van der Waals surface area contributed by atoms with Crippen LogP contribution in [0.2, 0.25) is 0 Å². The first-order valence-corrected chi connectivity index (χ1v) is 10.9. The molecule has 3 N–H and O–H groups in total. The van der Waals surface area contributed by atoms with Crippen LogP contribution in [0, 0.1) is 0 Å². The molecule has 2 aromatic rings. The summed E-state index contributed by atoms with van der Waals surface area (Å²) in [4.78, 5) is 12.2. The Labute approximate surface area is 187 Å². The first-order chi connectivity index (χ1) is 14.8. The van der Waals surface area contributed by atoms with E-state index in [1.807, 2.05) is 0 Å². The molecule has 2 aromatic carbocycles. The van der Waals surface area contributed by atoms with Crippen LogP contribution in [0.15, 0.2) is 66.1 Å². The number of carbonyl (C=O) groups excluding carboxylic acids is 1. The van der Waals surface area contributed by atoms with Gasteiger partial charge in [0.15, 0.2) is 16.6 Å². The van der Waals surface area contributed by atoms with E-state index < -0.39 is 15.9 Å². The highest BCUT2D eigenvalue weighted by Crippen LogP contribution is 2.27. The fourth-order valence-corrected chi connectivity index (χ4v) is 3.63. The molecule has 0 radical (unpaired) electrons. The number of thiocarbonyl (C=S) groups is 1. The number of carbonyl (C=O) groups is 1.